The number of hydrogen-bond donors (Lipinski definition) is 2. The molecule has 13 heteroatoms. The largest absolute Gasteiger partial charge is 0.506 e. The van der Waals surface area contributed by atoms with Crippen molar-refractivity contribution in [2.24, 2.45) is 5.92 Å². The number of benzene rings is 1. The van der Waals surface area contributed by atoms with Crippen molar-refractivity contribution in [1.82, 2.24) is 9.62 Å². The molecule has 2 amide bonds. The van der Waals surface area contributed by atoms with Gasteiger partial charge in [-0.05, 0) is 42.9 Å². The van der Waals surface area contributed by atoms with Gasteiger partial charge in [-0.2, -0.15) is 8.42 Å². The molecule has 0 radical (unpaired) electrons. The van der Waals surface area contributed by atoms with E-state index in [1.165, 1.54) is 17.9 Å². The number of halogens is 1. The Morgan fingerprint density at radius 1 is 1.21 bits per heavy atom. The van der Waals surface area contributed by atoms with Crippen LogP contribution >= 0.6 is 0 Å². The molecule has 2 N–H and O–H groups in total. The quantitative estimate of drug-likeness (QED) is 0.369. The fraction of sp³-hybridized carbons (Fsp3) is 0.560. The molecule has 2 aliphatic heterocycles. The smallest absolute Gasteiger partial charge is 0.413 e. The van der Waals surface area contributed by atoms with E-state index >= 15 is 4.39 Å². The van der Waals surface area contributed by atoms with E-state index < -0.39 is 64.3 Å². The zero-order valence-electron chi connectivity index (χ0n) is 21.3. The monoisotopic (exact) mass is 553 g/mol. The summed E-state index contributed by atoms with van der Waals surface area (Å²) in [6.45, 7) is 2.65. The Morgan fingerprint density at radius 2 is 1.92 bits per heavy atom. The van der Waals surface area contributed by atoms with E-state index in [9.17, 15) is 27.9 Å². The van der Waals surface area contributed by atoms with Crippen molar-refractivity contribution in [3.8, 4) is 5.75 Å². The molecule has 0 spiro atoms. The van der Waals surface area contributed by atoms with Gasteiger partial charge in [0.15, 0.2) is 5.82 Å². The van der Waals surface area contributed by atoms with Crippen LogP contribution in [0.25, 0.3) is 5.57 Å². The molecule has 2 fully saturated rings. The highest BCUT2D eigenvalue weighted by Gasteiger charge is 2.39. The highest BCUT2D eigenvalue weighted by atomic mass is 32.2. The van der Waals surface area contributed by atoms with Crippen molar-refractivity contribution < 1.29 is 41.8 Å². The maximum absolute atomic E-state index is 15.6. The highest BCUT2D eigenvalue weighted by molar-refractivity contribution is 7.92. The fourth-order valence-electron chi connectivity index (χ4n) is 5.19. The van der Waals surface area contributed by atoms with Crippen LogP contribution in [-0.4, -0.2) is 61.8 Å². The summed E-state index contributed by atoms with van der Waals surface area (Å²) in [7, 11) is -4.36. The first kappa shape index (κ1) is 27.7. The normalized spacial score (nSPS) is 21.8. The fourth-order valence-corrected chi connectivity index (χ4v) is 6.35. The van der Waals surface area contributed by atoms with Crippen molar-refractivity contribution in [3.05, 3.63) is 29.6 Å². The van der Waals surface area contributed by atoms with E-state index in [2.05, 4.69) is 0 Å². The second-order valence-corrected chi connectivity index (χ2v) is 11.4. The number of aromatic hydroxyl groups is 1. The number of esters is 1. The van der Waals surface area contributed by atoms with Crippen LogP contribution in [-0.2, 0) is 29.3 Å². The molecule has 11 nitrogen and oxygen atoms in total. The minimum absolute atomic E-state index is 0.0280. The Hall–Kier alpha value is -3.35. The van der Waals surface area contributed by atoms with Crippen LogP contribution in [0.15, 0.2) is 18.2 Å². The second-order valence-electron chi connectivity index (χ2n) is 9.80. The van der Waals surface area contributed by atoms with Crippen molar-refractivity contribution in [3.63, 3.8) is 0 Å². The van der Waals surface area contributed by atoms with Gasteiger partial charge in [-0.1, -0.05) is 32.3 Å². The molecule has 1 aromatic rings. The number of rotatable bonds is 8. The third-order valence-electron chi connectivity index (χ3n) is 6.96. The molecule has 2 atom stereocenters. The number of phenolic OH excluding ortho intramolecular Hbond substituents is 1. The number of carbonyl (C=O) groups is 3. The molecule has 3 aliphatic rings. The number of phenols is 1. The molecule has 1 aromatic carbocycles. The predicted molar refractivity (Wildman–Crippen MR) is 134 cm³/mol. The zero-order valence-corrected chi connectivity index (χ0v) is 22.1. The number of nitrogens with one attached hydrogen (secondary N) is 1. The summed E-state index contributed by atoms with van der Waals surface area (Å²) in [6.07, 6.45) is 5.51. The van der Waals surface area contributed by atoms with Gasteiger partial charge in [0.05, 0.1) is 12.6 Å². The average molecular weight is 554 g/mol. The van der Waals surface area contributed by atoms with Crippen molar-refractivity contribution in [2.45, 2.75) is 71.1 Å². The van der Waals surface area contributed by atoms with Crippen LogP contribution in [0.2, 0.25) is 0 Å². The molecule has 0 aromatic heterocycles. The van der Waals surface area contributed by atoms with E-state index in [0.29, 0.717) is 28.6 Å². The van der Waals surface area contributed by atoms with Gasteiger partial charge in [-0.3, -0.25) is 14.5 Å². The minimum atomic E-state index is -4.36. The van der Waals surface area contributed by atoms with Crippen LogP contribution in [0.3, 0.4) is 0 Å². The zero-order chi connectivity index (χ0) is 27.6. The maximum Gasteiger partial charge on any atom is 0.413 e. The van der Waals surface area contributed by atoms with Crippen molar-refractivity contribution in [2.75, 3.05) is 17.4 Å². The number of hydrogen-bond acceptors (Lipinski definition) is 8. The van der Waals surface area contributed by atoms with E-state index in [-0.39, 0.29) is 18.5 Å². The number of carbonyl (C=O) groups excluding carboxylic acids is 3. The van der Waals surface area contributed by atoms with E-state index in [1.807, 2.05) is 6.92 Å². The van der Waals surface area contributed by atoms with Crippen molar-refractivity contribution in [1.29, 1.82) is 0 Å². The lowest BCUT2D eigenvalue weighted by Crippen LogP contribution is -2.39. The van der Waals surface area contributed by atoms with Gasteiger partial charge in [0.25, 0.3) is 5.91 Å². The molecule has 4 rings (SSSR count). The first-order valence-electron chi connectivity index (χ1n) is 12.7. The van der Waals surface area contributed by atoms with Gasteiger partial charge in [0, 0.05) is 18.9 Å². The average Bonchev–Trinajstić information content (AvgIpc) is 3.53. The minimum Gasteiger partial charge on any atom is -0.506 e. The van der Waals surface area contributed by atoms with Gasteiger partial charge < -0.3 is 14.6 Å². The standard InChI is InChI=1S/C25H32FN3O8S/c1-3-6-18-12-17(13-28(18)25(33)37-15(2)36-22(32)11-16-7-4-5-8-16)19-9-10-20(30)24(23(19)26)29-14-21(31)27-38(29,34)35/h9-10,12,15-16,18,30H,3-8,11,13-14H2,1-2H3,(H,27,31)/t15?,18-/m0/s1. The van der Waals surface area contributed by atoms with Crippen LogP contribution in [0.4, 0.5) is 14.9 Å². The lowest BCUT2D eigenvalue weighted by atomic mass is 10.0. The molecule has 208 valence electrons. The van der Waals surface area contributed by atoms with Gasteiger partial charge in [0.2, 0.25) is 6.29 Å². The molecule has 2 heterocycles. The Bertz CT molecular complexity index is 1250. The molecular formula is C25H32FN3O8S. The van der Waals surface area contributed by atoms with Gasteiger partial charge >= 0.3 is 22.3 Å². The second kappa shape index (κ2) is 11.2. The third-order valence-corrected chi connectivity index (χ3v) is 8.34. The maximum atomic E-state index is 15.6. The molecule has 0 bridgehead atoms. The first-order valence-corrected chi connectivity index (χ1v) is 14.2. The lowest BCUT2D eigenvalue weighted by Gasteiger charge is -2.26. The van der Waals surface area contributed by atoms with Crippen LogP contribution < -0.4 is 9.03 Å². The number of amides is 2. The SMILES string of the molecule is CCC[C@H]1C=C(c2ccc(O)c(N3CC(=O)NS3(=O)=O)c2F)CN1C(=O)OC(C)OC(=O)CC1CCCC1. The van der Waals surface area contributed by atoms with Gasteiger partial charge in [0.1, 0.15) is 18.0 Å². The summed E-state index contributed by atoms with van der Waals surface area (Å²) >= 11 is 0. The summed E-state index contributed by atoms with van der Waals surface area (Å²) in [4.78, 5) is 38.2. The lowest BCUT2D eigenvalue weighted by molar-refractivity contribution is -0.167. The van der Waals surface area contributed by atoms with E-state index in [0.717, 1.165) is 31.7 Å². The Kier molecular flexibility index (Phi) is 8.14. The number of ether oxygens (including phenoxy) is 2. The summed E-state index contributed by atoms with van der Waals surface area (Å²) in [5.41, 5.74) is -0.307. The highest BCUT2D eigenvalue weighted by Crippen LogP contribution is 2.39. The Balaban J connectivity index is 1.48. The Morgan fingerprint density at radius 3 is 2.55 bits per heavy atom. The van der Waals surface area contributed by atoms with Crippen LogP contribution in [0, 0.1) is 11.7 Å². The van der Waals surface area contributed by atoms with E-state index in [1.54, 1.807) is 10.8 Å². The van der Waals surface area contributed by atoms with Gasteiger partial charge in [-0.15, -0.1) is 0 Å². The van der Waals surface area contributed by atoms with Crippen LogP contribution in [0.1, 0.15) is 64.4 Å². The van der Waals surface area contributed by atoms with Gasteiger partial charge in [-0.25, -0.2) is 18.2 Å². The predicted octanol–water partition coefficient (Wildman–Crippen LogP) is 3.19. The third kappa shape index (κ3) is 5.87. The molecule has 1 aliphatic carbocycles. The molecule has 1 saturated heterocycles. The van der Waals surface area contributed by atoms with Crippen LogP contribution in [0.5, 0.6) is 5.75 Å². The molecule has 1 unspecified atom stereocenters. The van der Waals surface area contributed by atoms with Crippen molar-refractivity contribution >= 4 is 39.4 Å². The van der Waals surface area contributed by atoms with E-state index in [4.69, 9.17) is 9.47 Å². The summed E-state index contributed by atoms with van der Waals surface area (Å²) in [5, 5.41) is 10.2. The summed E-state index contributed by atoms with van der Waals surface area (Å²) in [5.74, 6) is -2.69. The summed E-state index contributed by atoms with van der Waals surface area (Å²) in [6, 6.07) is 1.97. The first-order chi connectivity index (χ1) is 18.0. The molecular weight excluding hydrogens is 521 g/mol. The number of anilines is 1. The summed E-state index contributed by atoms with van der Waals surface area (Å²) < 4.78 is 53.0. The topological polar surface area (TPSA) is 143 Å². The molecule has 1 saturated carbocycles. The molecule has 38 heavy (non-hydrogen) atoms. The number of nitrogens with zero attached hydrogens (tertiary/aromatic N) is 2. The Labute approximate surface area is 220 Å².